The van der Waals surface area contributed by atoms with Crippen molar-refractivity contribution in [2.75, 3.05) is 6.54 Å². The molecular formula is C28H27F3N4O6S. The van der Waals surface area contributed by atoms with E-state index in [2.05, 4.69) is 15.6 Å². The van der Waals surface area contributed by atoms with Crippen LogP contribution in [0.5, 0.6) is 0 Å². The second-order valence-corrected chi connectivity index (χ2v) is 11.2. The summed E-state index contributed by atoms with van der Waals surface area (Å²) in [4.78, 5) is 37.1. The minimum atomic E-state index is -5.05. The smallest absolute Gasteiger partial charge is 0.443 e. The van der Waals surface area contributed by atoms with Gasteiger partial charge >= 0.3 is 18.2 Å². The van der Waals surface area contributed by atoms with Crippen LogP contribution in [0.3, 0.4) is 0 Å². The Balaban J connectivity index is 1.47. The van der Waals surface area contributed by atoms with Crippen molar-refractivity contribution < 1.29 is 40.7 Å². The van der Waals surface area contributed by atoms with E-state index in [9.17, 15) is 36.0 Å². The number of halogens is 3. The maximum absolute atomic E-state index is 13.3. The summed E-state index contributed by atoms with van der Waals surface area (Å²) in [5, 5.41) is 0. The molecule has 1 aliphatic heterocycles. The summed E-state index contributed by atoms with van der Waals surface area (Å²) in [5.41, 5.74) is 6.42. The first-order chi connectivity index (χ1) is 19.9. The lowest BCUT2D eigenvalue weighted by molar-refractivity contribution is -0.186. The molecule has 0 fully saturated rings. The Hall–Kier alpha value is -4.43. The van der Waals surface area contributed by atoms with Crippen LogP contribution in [0.4, 0.5) is 18.0 Å². The average Bonchev–Trinajstić information content (AvgIpc) is 2.98. The number of fused-ring (bicyclic) bond motifs is 1. The fourth-order valence-electron chi connectivity index (χ4n) is 4.31. The van der Waals surface area contributed by atoms with Crippen LogP contribution in [-0.4, -0.2) is 50.0 Å². The summed E-state index contributed by atoms with van der Waals surface area (Å²) < 4.78 is 72.8. The van der Waals surface area contributed by atoms with Gasteiger partial charge in [-0.25, -0.2) is 18.6 Å². The molecule has 222 valence electrons. The van der Waals surface area contributed by atoms with Crippen molar-refractivity contribution in [2.45, 2.75) is 43.1 Å². The van der Waals surface area contributed by atoms with Crippen LogP contribution in [0.15, 0.2) is 83.8 Å². The largest absolute Gasteiger partial charge is 0.471 e. The number of nitrogens with one attached hydrogen (secondary N) is 3. The maximum Gasteiger partial charge on any atom is 0.471 e. The van der Waals surface area contributed by atoms with Gasteiger partial charge in [0.2, 0.25) is 10.0 Å². The number of sulfonamides is 1. The molecule has 1 aliphatic rings. The quantitative estimate of drug-likeness (QED) is 0.339. The lowest BCUT2D eigenvalue weighted by Gasteiger charge is -2.29. The molecule has 14 heteroatoms. The summed E-state index contributed by atoms with van der Waals surface area (Å²) >= 11 is 0. The van der Waals surface area contributed by atoms with Crippen LogP contribution < -0.4 is 15.6 Å². The third-order valence-electron chi connectivity index (χ3n) is 6.43. The topological polar surface area (TPSA) is 134 Å². The van der Waals surface area contributed by atoms with Crippen LogP contribution >= 0.6 is 0 Å². The van der Waals surface area contributed by atoms with Gasteiger partial charge in [-0.2, -0.15) is 17.9 Å². The molecule has 42 heavy (non-hydrogen) atoms. The third-order valence-corrected chi connectivity index (χ3v) is 7.90. The molecule has 1 unspecified atom stereocenters. The van der Waals surface area contributed by atoms with Crippen molar-refractivity contribution in [3.05, 3.63) is 101 Å². The first kappa shape index (κ1) is 30.5. The second kappa shape index (κ2) is 13.0. The highest BCUT2D eigenvalue weighted by Crippen LogP contribution is 2.27. The predicted molar refractivity (Wildman–Crippen MR) is 144 cm³/mol. The third kappa shape index (κ3) is 8.07. The van der Waals surface area contributed by atoms with Gasteiger partial charge in [0.15, 0.2) is 0 Å². The minimum absolute atomic E-state index is 0.0626. The molecule has 0 aromatic heterocycles. The Morgan fingerprint density at radius 1 is 0.881 bits per heavy atom. The van der Waals surface area contributed by atoms with Gasteiger partial charge in [0.1, 0.15) is 12.6 Å². The zero-order valence-corrected chi connectivity index (χ0v) is 22.9. The van der Waals surface area contributed by atoms with Crippen molar-refractivity contribution in [3.63, 3.8) is 0 Å². The number of hydrogen-bond acceptors (Lipinski definition) is 6. The summed E-state index contributed by atoms with van der Waals surface area (Å²) in [7, 11) is -4.39. The number of ether oxygens (including phenoxy) is 1. The highest BCUT2D eigenvalue weighted by atomic mass is 32.2. The molecule has 4 rings (SSSR count). The molecule has 0 saturated heterocycles. The maximum atomic E-state index is 13.3. The number of rotatable bonds is 8. The van der Waals surface area contributed by atoms with Crippen molar-refractivity contribution in [1.82, 2.24) is 20.5 Å². The van der Waals surface area contributed by atoms with Crippen LogP contribution in [0.25, 0.3) is 0 Å². The van der Waals surface area contributed by atoms with Crippen LogP contribution in [-0.2, 0) is 50.3 Å². The van der Waals surface area contributed by atoms with Gasteiger partial charge in [0, 0.05) is 13.1 Å². The first-order valence-corrected chi connectivity index (χ1v) is 14.2. The molecule has 3 aromatic rings. The van der Waals surface area contributed by atoms with Crippen molar-refractivity contribution >= 4 is 27.9 Å². The Bertz CT molecular complexity index is 1540. The number of benzene rings is 3. The number of alkyl halides is 3. The first-order valence-electron chi connectivity index (χ1n) is 12.7. The fraction of sp³-hybridized carbons (Fsp3) is 0.250. The standard InChI is InChI=1S/C28H27F3N4O6S/c29-28(30,31)26(37)35-14-13-21-11-12-23(16-22(21)17-35)42(39,40)34-24(15-19-7-3-1-4-8-19)25(36)32-33-27(38)41-18-20-9-5-2-6-10-20/h1-12,16,24,34H,13-15,17-18H2,(H,32,36)(H,33,38). The molecule has 3 N–H and O–H groups in total. The average molecular weight is 605 g/mol. The molecule has 0 aliphatic carbocycles. The summed E-state index contributed by atoms with van der Waals surface area (Å²) in [6.45, 7) is -0.636. The zero-order chi connectivity index (χ0) is 30.3. The van der Waals surface area contributed by atoms with E-state index in [0.29, 0.717) is 21.6 Å². The molecule has 1 atom stereocenters. The van der Waals surface area contributed by atoms with Crippen molar-refractivity contribution in [2.24, 2.45) is 0 Å². The highest BCUT2D eigenvalue weighted by Gasteiger charge is 2.43. The van der Waals surface area contributed by atoms with Crippen LogP contribution in [0.1, 0.15) is 22.3 Å². The molecule has 3 amide bonds. The van der Waals surface area contributed by atoms with E-state index < -0.39 is 46.7 Å². The predicted octanol–water partition coefficient (Wildman–Crippen LogP) is 2.98. The number of carbonyl (C=O) groups is 3. The molecule has 1 heterocycles. The van der Waals surface area contributed by atoms with E-state index in [0.717, 1.165) is 0 Å². The number of nitrogens with zero attached hydrogens (tertiary/aromatic N) is 1. The monoisotopic (exact) mass is 604 g/mol. The van der Waals surface area contributed by atoms with Gasteiger partial charge in [0.05, 0.1) is 4.90 Å². The van der Waals surface area contributed by atoms with Gasteiger partial charge in [-0.1, -0.05) is 66.7 Å². The Labute approximate surface area is 239 Å². The summed E-state index contributed by atoms with van der Waals surface area (Å²) in [5.74, 6) is -2.90. The lowest BCUT2D eigenvalue weighted by atomic mass is 10.00. The highest BCUT2D eigenvalue weighted by molar-refractivity contribution is 7.89. The summed E-state index contributed by atoms with van der Waals surface area (Å²) in [6, 6.07) is 19.8. The van der Waals surface area contributed by atoms with E-state index in [1.54, 1.807) is 60.7 Å². The van der Waals surface area contributed by atoms with Crippen LogP contribution in [0, 0.1) is 0 Å². The number of carbonyl (C=O) groups excluding carboxylic acids is 3. The number of hydrogen-bond donors (Lipinski definition) is 3. The normalized spacial score (nSPS) is 13.9. The molecule has 0 radical (unpaired) electrons. The van der Waals surface area contributed by atoms with Gasteiger partial charge in [-0.3, -0.25) is 15.0 Å². The van der Waals surface area contributed by atoms with E-state index in [-0.39, 0.29) is 36.5 Å². The SMILES string of the molecule is O=C(NNC(=O)C(Cc1ccccc1)NS(=O)(=O)c1ccc2c(c1)CN(C(=O)C(F)(F)F)CC2)OCc1ccccc1. The van der Waals surface area contributed by atoms with Gasteiger partial charge in [-0.15, -0.1) is 0 Å². The van der Waals surface area contributed by atoms with E-state index >= 15 is 0 Å². The molecule has 10 nitrogen and oxygen atoms in total. The van der Waals surface area contributed by atoms with Crippen molar-refractivity contribution in [3.8, 4) is 0 Å². The van der Waals surface area contributed by atoms with Gasteiger partial charge in [-0.05, 0) is 47.2 Å². The minimum Gasteiger partial charge on any atom is -0.443 e. The van der Waals surface area contributed by atoms with E-state index in [4.69, 9.17) is 4.74 Å². The molecular weight excluding hydrogens is 577 g/mol. The zero-order valence-electron chi connectivity index (χ0n) is 22.1. The molecule has 3 aromatic carbocycles. The molecule has 0 spiro atoms. The van der Waals surface area contributed by atoms with Crippen LogP contribution in [0.2, 0.25) is 0 Å². The van der Waals surface area contributed by atoms with E-state index in [1.165, 1.54) is 18.2 Å². The lowest BCUT2D eigenvalue weighted by Crippen LogP contribution is -2.53. The number of amides is 3. The Kier molecular flexibility index (Phi) is 9.48. The molecule has 0 bridgehead atoms. The second-order valence-electron chi connectivity index (χ2n) is 9.44. The van der Waals surface area contributed by atoms with Gasteiger partial charge < -0.3 is 9.64 Å². The Morgan fingerprint density at radius 2 is 1.52 bits per heavy atom. The number of hydrazine groups is 1. The fourth-order valence-corrected chi connectivity index (χ4v) is 5.55. The van der Waals surface area contributed by atoms with E-state index in [1.807, 2.05) is 0 Å². The summed E-state index contributed by atoms with van der Waals surface area (Å²) in [6.07, 6.45) is -5.99. The molecule has 0 saturated carbocycles. The Morgan fingerprint density at radius 3 is 2.17 bits per heavy atom. The van der Waals surface area contributed by atoms with Crippen molar-refractivity contribution in [1.29, 1.82) is 0 Å². The van der Waals surface area contributed by atoms with Gasteiger partial charge in [0.25, 0.3) is 5.91 Å².